The van der Waals surface area contributed by atoms with Crippen molar-refractivity contribution in [2.24, 2.45) is 0 Å². The second-order valence-electron chi connectivity index (χ2n) is 5.76. The Labute approximate surface area is 162 Å². The Bertz CT molecular complexity index is 1070. The van der Waals surface area contributed by atoms with Crippen LogP contribution >= 0.6 is 27.3 Å². The van der Waals surface area contributed by atoms with Gasteiger partial charge in [-0.1, -0.05) is 6.92 Å². The number of halogens is 2. The molecule has 0 aromatic carbocycles. The van der Waals surface area contributed by atoms with Crippen LogP contribution < -0.4 is 4.90 Å². The van der Waals surface area contributed by atoms with Crippen LogP contribution in [0.5, 0.6) is 0 Å². The molecule has 0 amide bonds. The highest BCUT2D eigenvalue weighted by molar-refractivity contribution is 9.10. The molecule has 26 heavy (non-hydrogen) atoms. The maximum Gasteiger partial charge on any atom is 0.212 e. The molecule has 0 aliphatic rings. The lowest BCUT2D eigenvalue weighted by Gasteiger charge is -2.17. The number of nitrogens with zero attached hydrogens (tertiary/aromatic N) is 5. The quantitative estimate of drug-likeness (QED) is 0.422. The van der Waals surface area contributed by atoms with Crippen molar-refractivity contribution in [1.29, 1.82) is 0 Å². The van der Waals surface area contributed by atoms with Crippen molar-refractivity contribution in [3.05, 3.63) is 58.2 Å². The van der Waals surface area contributed by atoms with Gasteiger partial charge in [-0.25, -0.2) is 15.0 Å². The Hall–Kier alpha value is -2.32. The number of anilines is 2. The molecule has 0 atom stereocenters. The summed E-state index contributed by atoms with van der Waals surface area (Å²) in [5, 5.41) is 2.78. The van der Waals surface area contributed by atoms with E-state index in [2.05, 4.69) is 32.2 Å². The molecular weight excluding hydrogens is 417 g/mol. The van der Waals surface area contributed by atoms with Crippen LogP contribution in [0.2, 0.25) is 0 Å². The Morgan fingerprint density at radius 2 is 2.08 bits per heavy atom. The van der Waals surface area contributed by atoms with Gasteiger partial charge in [0.2, 0.25) is 5.95 Å². The Kier molecular flexibility index (Phi) is 4.46. The summed E-state index contributed by atoms with van der Waals surface area (Å²) in [5.41, 5.74) is 3.47. The SMILES string of the molecule is CCc1nc2ccc(Br)cn2c1N(C)c1nc(-c2ccc(F)nc2)cs1. The van der Waals surface area contributed by atoms with E-state index in [1.165, 1.54) is 23.6 Å². The molecule has 0 unspecified atom stereocenters. The highest BCUT2D eigenvalue weighted by atomic mass is 79.9. The van der Waals surface area contributed by atoms with E-state index < -0.39 is 5.95 Å². The molecule has 0 saturated heterocycles. The Balaban J connectivity index is 1.76. The number of aryl methyl sites for hydroxylation is 1. The minimum Gasteiger partial charge on any atom is -0.305 e. The number of thiazole rings is 1. The van der Waals surface area contributed by atoms with E-state index in [1.807, 2.05) is 35.7 Å². The van der Waals surface area contributed by atoms with Crippen molar-refractivity contribution in [2.75, 3.05) is 11.9 Å². The number of aromatic nitrogens is 4. The first-order valence-corrected chi connectivity index (χ1v) is 9.71. The summed E-state index contributed by atoms with van der Waals surface area (Å²) >= 11 is 5.05. The molecule has 0 bridgehead atoms. The predicted molar refractivity (Wildman–Crippen MR) is 106 cm³/mol. The fourth-order valence-electron chi connectivity index (χ4n) is 2.82. The standard InChI is InChI=1S/C18H15BrFN5S/c1-3-13-17(25-9-12(19)5-7-16(25)22-13)24(2)18-23-14(10-26-18)11-4-6-15(20)21-8-11/h4-10H,3H2,1-2H3. The number of rotatable bonds is 4. The lowest BCUT2D eigenvalue weighted by molar-refractivity contribution is 0.584. The van der Waals surface area contributed by atoms with Crippen LogP contribution in [0.25, 0.3) is 16.9 Å². The zero-order valence-electron chi connectivity index (χ0n) is 14.1. The summed E-state index contributed by atoms with van der Waals surface area (Å²) in [6.07, 6.45) is 4.32. The van der Waals surface area contributed by atoms with Gasteiger partial charge in [0.25, 0.3) is 0 Å². The lowest BCUT2D eigenvalue weighted by atomic mass is 10.2. The molecule has 5 nitrogen and oxygen atoms in total. The molecule has 0 radical (unpaired) electrons. The van der Waals surface area contributed by atoms with Gasteiger partial charge in [-0.15, -0.1) is 11.3 Å². The molecule has 4 aromatic heterocycles. The first-order chi connectivity index (χ1) is 12.6. The van der Waals surface area contributed by atoms with Crippen molar-refractivity contribution in [3.8, 4) is 11.3 Å². The molecule has 4 heterocycles. The highest BCUT2D eigenvalue weighted by Gasteiger charge is 2.19. The van der Waals surface area contributed by atoms with E-state index in [-0.39, 0.29) is 0 Å². The zero-order chi connectivity index (χ0) is 18.3. The molecule has 0 N–H and O–H groups in total. The molecule has 0 saturated carbocycles. The van der Waals surface area contributed by atoms with Crippen molar-refractivity contribution in [1.82, 2.24) is 19.4 Å². The van der Waals surface area contributed by atoms with E-state index in [1.54, 1.807) is 6.07 Å². The van der Waals surface area contributed by atoms with Crippen LogP contribution in [0.3, 0.4) is 0 Å². The molecule has 132 valence electrons. The van der Waals surface area contributed by atoms with Gasteiger partial charge in [0.05, 0.1) is 11.4 Å². The Morgan fingerprint density at radius 1 is 1.23 bits per heavy atom. The normalized spacial score (nSPS) is 11.2. The van der Waals surface area contributed by atoms with Crippen LogP contribution in [0.15, 0.2) is 46.5 Å². The Morgan fingerprint density at radius 3 is 2.81 bits per heavy atom. The smallest absolute Gasteiger partial charge is 0.212 e. The fraction of sp³-hybridized carbons (Fsp3) is 0.167. The van der Waals surface area contributed by atoms with Crippen molar-refractivity contribution < 1.29 is 4.39 Å². The van der Waals surface area contributed by atoms with Gasteiger partial charge in [0.15, 0.2) is 5.13 Å². The number of imidazole rings is 1. The second kappa shape index (κ2) is 6.77. The van der Waals surface area contributed by atoms with Gasteiger partial charge >= 0.3 is 0 Å². The number of hydrogen-bond donors (Lipinski definition) is 0. The average molecular weight is 432 g/mol. The number of fused-ring (bicyclic) bond motifs is 1. The zero-order valence-corrected chi connectivity index (χ0v) is 16.6. The van der Waals surface area contributed by atoms with Crippen molar-refractivity contribution >= 4 is 43.9 Å². The van der Waals surface area contributed by atoms with Crippen LogP contribution in [0.1, 0.15) is 12.6 Å². The third-order valence-corrected chi connectivity index (χ3v) is 5.47. The first kappa shape index (κ1) is 17.1. The molecule has 0 fully saturated rings. The summed E-state index contributed by atoms with van der Waals surface area (Å²) in [4.78, 5) is 15.2. The van der Waals surface area contributed by atoms with Crippen molar-refractivity contribution in [3.63, 3.8) is 0 Å². The molecule has 0 aliphatic carbocycles. The minimum absolute atomic E-state index is 0.495. The van der Waals surface area contributed by atoms with E-state index in [4.69, 9.17) is 9.97 Å². The largest absolute Gasteiger partial charge is 0.305 e. The number of hydrogen-bond acceptors (Lipinski definition) is 5. The van der Waals surface area contributed by atoms with Gasteiger partial charge in [-0.2, -0.15) is 4.39 Å². The third kappa shape index (κ3) is 2.99. The monoisotopic (exact) mass is 431 g/mol. The second-order valence-corrected chi connectivity index (χ2v) is 7.51. The van der Waals surface area contributed by atoms with E-state index in [9.17, 15) is 4.39 Å². The van der Waals surface area contributed by atoms with Gasteiger partial charge < -0.3 is 4.90 Å². The van der Waals surface area contributed by atoms with Gasteiger partial charge in [-0.05, 0) is 46.6 Å². The fourth-order valence-corrected chi connectivity index (χ4v) is 3.95. The van der Waals surface area contributed by atoms with Gasteiger partial charge in [0.1, 0.15) is 11.5 Å². The van der Waals surface area contributed by atoms with Crippen molar-refractivity contribution in [2.45, 2.75) is 13.3 Å². The maximum atomic E-state index is 13.0. The van der Waals surface area contributed by atoms with E-state index >= 15 is 0 Å². The van der Waals surface area contributed by atoms with Crippen LogP contribution in [-0.2, 0) is 6.42 Å². The van der Waals surface area contributed by atoms with E-state index in [0.29, 0.717) is 0 Å². The van der Waals surface area contributed by atoms with E-state index in [0.717, 1.165) is 44.4 Å². The molecule has 8 heteroatoms. The lowest BCUT2D eigenvalue weighted by Crippen LogP contribution is -2.13. The van der Waals surface area contributed by atoms with Gasteiger partial charge in [-0.3, -0.25) is 4.40 Å². The molecule has 4 rings (SSSR count). The third-order valence-electron chi connectivity index (χ3n) is 4.08. The minimum atomic E-state index is -0.495. The topological polar surface area (TPSA) is 46.3 Å². The predicted octanol–water partition coefficient (Wildman–Crippen LogP) is 5.08. The summed E-state index contributed by atoms with van der Waals surface area (Å²) in [6.45, 7) is 2.09. The number of pyridine rings is 2. The molecule has 0 spiro atoms. The van der Waals surface area contributed by atoms with Gasteiger partial charge in [0, 0.05) is 34.9 Å². The summed E-state index contributed by atoms with van der Waals surface area (Å²) in [6, 6.07) is 6.99. The van der Waals surface area contributed by atoms with Crippen LogP contribution in [0.4, 0.5) is 15.3 Å². The maximum absolute atomic E-state index is 13.0. The summed E-state index contributed by atoms with van der Waals surface area (Å²) in [5.74, 6) is 0.493. The molecule has 4 aromatic rings. The van der Waals surface area contributed by atoms with Crippen LogP contribution in [-0.4, -0.2) is 26.4 Å². The first-order valence-electron chi connectivity index (χ1n) is 8.04. The molecular formula is C18H15BrFN5S. The highest BCUT2D eigenvalue weighted by Crippen LogP contribution is 2.33. The summed E-state index contributed by atoms with van der Waals surface area (Å²) < 4.78 is 16.1. The summed E-state index contributed by atoms with van der Waals surface area (Å²) in [7, 11) is 1.98. The molecule has 0 aliphatic heterocycles. The average Bonchev–Trinajstić information content (AvgIpc) is 3.26. The van der Waals surface area contributed by atoms with Crippen LogP contribution in [0, 0.1) is 5.95 Å².